The molecule has 3 rings (SSSR count). The van der Waals surface area contributed by atoms with Gasteiger partial charge in [-0.05, 0) is 12.8 Å². The minimum Gasteiger partial charge on any atom is -0.346 e. The highest BCUT2D eigenvalue weighted by Gasteiger charge is 2.33. The van der Waals surface area contributed by atoms with E-state index in [-0.39, 0.29) is 5.92 Å². The quantitative estimate of drug-likeness (QED) is 0.817. The molecule has 0 spiro atoms. The van der Waals surface area contributed by atoms with Crippen LogP contribution < -0.4 is 4.90 Å². The third kappa shape index (κ3) is 2.23. The number of anilines is 1. The Balaban J connectivity index is 1.59. The maximum absolute atomic E-state index is 9.17. The molecule has 5 heteroatoms. The van der Waals surface area contributed by atoms with Crippen molar-refractivity contribution in [3.8, 4) is 6.07 Å². The molecule has 18 heavy (non-hydrogen) atoms. The number of nitrogens with zero attached hydrogens (tertiary/aromatic N) is 4. The Morgan fingerprint density at radius 3 is 2.78 bits per heavy atom. The lowest BCUT2D eigenvalue weighted by Crippen LogP contribution is -2.51. The summed E-state index contributed by atoms with van der Waals surface area (Å²) in [6.07, 6.45) is 5.38. The maximum atomic E-state index is 9.17. The van der Waals surface area contributed by atoms with Crippen LogP contribution in [0.15, 0.2) is 11.6 Å². The second-order valence-electron chi connectivity index (χ2n) is 5.07. The summed E-state index contributed by atoms with van der Waals surface area (Å²) in [5, 5.41) is 12.3. The Morgan fingerprint density at radius 1 is 1.28 bits per heavy atom. The Morgan fingerprint density at radius 2 is 2.11 bits per heavy atom. The van der Waals surface area contributed by atoms with Crippen LogP contribution in [0.4, 0.5) is 5.13 Å². The van der Waals surface area contributed by atoms with Crippen molar-refractivity contribution in [2.75, 3.05) is 31.1 Å². The van der Waals surface area contributed by atoms with E-state index >= 15 is 0 Å². The molecule has 0 amide bonds. The molecule has 0 radical (unpaired) electrons. The van der Waals surface area contributed by atoms with Crippen molar-refractivity contribution in [2.24, 2.45) is 5.92 Å². The van der Waals surface area contributed by atoms with Crippen molar-refractivity contribution in [2.45, 2.75) is 25.3 Å². The second-order valence-corrected chi connectivity index (χ2v) is 5.94. The van der Waals surface area contributed by atoms with Gasteiger partial charge in [-0.25, -0.2) is 4.98 Å². The molecule has 1 aromatic heterocycles. The number of aromatic nitrogens is 1. The Hall–Kier alpha value is -1.12. The first-order chi connectivity index (χ1) is 8.88. The van der Waals surface area contributed by atoms with E-state index in [1.165, 1.54) is 12.8 Å². The van der Waals surface area contributed by atoms with Gasteiger partial charge in [-0.3, -0.25) is 4.90 Å². The monoisotopic (exact) mass is 262 g/mol. The lowest BCUT2D eigenvalue weighted by Gasteiger charge is -2.38. The van der Waals surface area contributed by atoms with Crippen molar-refractivity contribution >= 4 is 16.5 Å². The standard InChI is InChI=1S/C13H18N4S/c14-10-11-2-1-3-12(11)16-5-7-17(8-6-16)13-15-4-9-18-13/h4,9,11-12H,1-3,5-8H2. The molecule has 0 N–H and O–H groups in total. The summed E-state index contributed by atoms with van der Waals surface area (Å²) in [6.45, 7) is 4.23. The van der Waals surface area contributed by atoms with E-state index in [1.54, 1.807) is 11.3 Å². The van der Waals surface area contributed by atoms with Crippen molar-refractivity contribution in [3.05, 3.63) is 11.6 Å². The molecule has 4 nitrogen and oxygen atoms in total. The largest absolute Gasteiger partial charge is 0.346 e. The van der Waals surface area contributed by atoms with Crippen LogP contribution in [-0.4, -0.2) is 42.1 Å². The zero-order chi connectivity index (χ0) is 12.4. The molecule has 1 aliphatic heterocycles. The first-order valence-electron chi connectivity index (χ1n) is 6.66. The van der Waals surface area contributed by atoms with Crippen LogP contribution in [0, 0.1) is 17.2 Å². The fraction of sp³-hybridized carbons (Fsp3) is 0.692. The molecule has 2 heterocycles. The van der Waals surface area contributed by atoms with Gasteiger partial charge in [0.1, 0.15) is 0 Å². The van der Waals surface area contributed by atoms with Crippen LogP contribution >= 0.6 is 11.3 Å². The molecular weight excluding hydrogens is 244 g/mol. The first-order valence-corrected chi connectivity index (χ1v) is 7.54. The highest BCUT2D eigenvalue weighted by atomic mass is 32.1. The molecule has 1 aliphatic carbocycles. The Bertz CT molecular complexity index is 417. The molecule has 1 saturated heterocycles. The fourth-order valence-electron chi connectivity index (χ4n) is 3.15. The summed E-state index contributed by atoms with van der Waals surface area (Å²) in [4.78, 5) is 9.24. The van der Waals surface area contributed by atoms with Gasteiger partial charge in [0.2, 0.25) is 0 Å². The zero-order valence-electron chi connectivity index (χ0n) is 10.5. The van der Waals surface area contributed by atoms with Gasteiger partial charge in [-0.1, -0.05) is 6.42 Å². The van der Waals surface area contributed by atoms with Gasteiger partial charge in [0.05, 0.1) is 12.0 Å². The van der Waals surface area contributed by atoms with Crippen LogP contribution in [0.2, 0.25) is 0 Å². The smallest absolute Gasteiger partial charge is 0.185 e. The van der Waals surface area contributed by atoms with Crippen LogP contribution in [-0.2, 0) is 0 Å². The van der Waals surface area contributed by atoms with Gasteiger partial charge in [0.25, 0.3) is 0 Å². The van der Waals surface area contributed by atoms with Crippen molar-refractivity contribution < 1.29 is 0 Å². The number of thiazole rings is 1. The second kappa shape index (κ2) is 5.25. The highest BCUT2D eigenvalue weighted by molar-refractivity contribution is 7.13. The molecule has 1 saturated carbocycles. The maximum Gasteiger partial charge on any atom is 0.185 e. The van der Waals surface area contributed by atoms with Crippen LogP contribution in [0.3, 0.4) is 0 Å². The summed E-state index contributed by atoms with van der Waals surface area (Å²) in [6, 6.07) is 2.99. The van der Waals surface area contributed by atoms with Gasteiger partial charge in [0, 0.05) is 43.8 Å². The van der Waals surface area contributed by atoms with Crippen LogP contribution in [0.25, 0.3) is 0 Å². The van der Waals surface area contributed by atoms with E-state index in [9.17, 15) is 5.26 Å². The lowest BCUT2D eigenvalue weighted by molar-refractivity contribution is 0.168. The molecule has 96 valence electrons. The van der Waals surface area contributed by atoms with E-state index in [0.717, 1.165) is 37.7 Å². The fourth-order valence-corrected chi connectivity index (χ4v) is 3.84. The summed E-state index contributed by atoms with van der Waals surface area (Å²) >= 11 is 1.71. The summed E-state index contributed by atoms with van der Waals surface area (Å²) in [5.41, 5.74) is 0. The van der Waals surface area contributed by atoms with Gasteiger partial charge >= 0.3 is 0 Å². The van der Waals surface area contributed by atoms with E-state index in [2.05, 4.69) is 20.9 Å². The van der Waals surface area contributed by atoms with E-state index in [1.807, 2.05) is 11.6 Å². The summed E-state index contributed by atoms with van der Waals surface area (Å²) < 4.78 is 0. The minimum absolute atomic E-state index is 0.261. The third-order valence-electron chi connectivity index (χ3n) is 4.12. The van der Waals surface area contributed by atoms with Crippen molar-refractivity contribution in [3.63, 3.8) is 0 Å². The zero-order valence-corrected chi connectivity index (χ0v) is 11.3. The van der Waals surface area contributed by atoms with Crippen LogP contribution in [0.1, 0.15) is 19.3 Å². The van der Waals surface area contributed by atoms with E-state index < -0.39 is 0 Å². The average molecular weight is 262 g/mol. The minimum atomic E-state index is 0.261. The topological polar surface area (TPSA) is 43.2 Å². The number of hydrogen-bond donors (Lipinski definition) is 0. The summed E-state index contributed by atoms with van der Waals surface area (Å²) in [7, 11) is 0. The molecule has 2 fully saturated rings. The molecule has 1 aromatic rings. The third-order valence-corrected chi connectivity index (χ3v) is 4.95. The Kier molecular flexibility index (Phi) is 3.48. The lowest BCUT2D eigenvalue weighted by atomic mass is 10.0. The van der Waals surface area contributed by atoms with Gasteiger partial charge in [-0.15, -0.1) is 11.3 Å². The molecule has 0 bridgehead atoms. The number of piperazine rings is 1. The predicted molar refractivity (Wildman–Crippen MR) is 72.6 cm³/mol. The summed E-state index contributed by atoms with van der Waals surface area (Å²) in [5.74, 6) is 0.261. The van der Waals surface area contributed by atoms with Gasteiger partial charge in [-0.2, -0.15) is 5.26 Å². The molecule has 0 aromatic carbocycles. The number of rotatable bonds is 2. The number of hydrogen-bond acceptors (Lipinski definition) is 5. The van der Waals surface area contributed by atoms with Crippen molar-refractivity contribution in [1.29, 1.82) is 5.26 Å². The number of nitriles is 1. The first kappa shape index (κ1) is 11.9. The van der Waals surface area contributed by atoms with Crippen LogP contribution in [0.5, 0.6) is 0 Å². The predicted octanol–water partition coefficient (Wildman–Crippen LogP) is 1.96. The molecular formula is C13H18N4S. The van der Waals surface area contributed by atoms with Gasteiger partial charge < -0.3 is 4.90 Å². The van der Waals surface area contributed by atoms with E-state index in [0.29, 0.717) is 6.04 Å². The van der Waals surface area contributed by atoms with Crippen molar-refractivity contribution in [1.82, 2.24) is 9.88 Å². The Labute approximate surface area is 112 Å². The van der Waals surface area contributed by atoms with Gasteiger partial charge in [0.15, 0.2) is 5.13 Å². The molecule has 2 aliphatic rings. The molecule has 2 unspecified atom stereocenters. The SMILES string of the molecule is N#CC1CCCC1N1CCN(c2nccs2)CC1. The van der Waals surface area contributed by atoms with E-state index in [4.69, 9.17) is 0 Å². The highest BCUT2D eigenvalue weighted by Crippen LogP contribution is 2.30. The normalized spacial score (nSPS) is 29.4. The average Bonchev–Trinajstić information content (AvgIpc) is 3.10. The molecule has 2 atom stereocenters.